The van der Waals surface area contributed by atoms with Gasteiger partial charge in [0.05, 0.1) is 32.9 Å². The van der Waals surface area contributed by atoms with Crippen molar-refractivity contribution in [3.63, 3.8) is 0 Å². The normalized spacial score (nSPS) is 15.0. The molecule has 2 aromatic carbocycles. The molecule has 1 aliphatic heterocycles. The van der Waals surface area contributed by atoms with Gasteiger partial charge in [-0.1, -0.05) is 42.0 Å². The monoisotopic (exact) mass is 461 g/mol. The highest BCUT2D eigenvalue weighted by Gasteiger charge is 2.24. The number of nitrogens with zero attached hydrogens (tertiary/aromatic N) is 2. The number of aryl methyl sites for hydroxylation is 1. The zero-order valence-corrected chi connectivity index (χ0v) is 19.7. The number of hydrogen-bond donors (Lipinski definition) is 1. The van der Waals surface area contributed by atoms with Crippen LogP contribution in [0, 0.1) is 6.92 Å². The smallest absolute Gasteiger partial charge is 0.263 e. The largest absolute Gasteiger partial charge is 0.497 e. The van der Waals surface area contributed by atoms with Gasteiger partial charge in [-0.2, -0.15) is 0 Å². The molecule has 1 N–H and O–H groups in total. The van der Waals surface area contributed by atoms with Gasteiger partial charge in [-0.3, -0.25) is 14.5 Å². The van der Waals surface area contributed by atoms with Gasteiger partial charge in [-0.15, -0.1) is 0 Å². The minimum absolute atomic E-state index is 0.0306. The van der Waals surface area contributed by atoms with Gasteiger partial charge in [-0.05, 0) is 42.3 Å². The van der Waals surface area contributed by atoms with Gasteiger partial charge < -0.3 is 19.4 Å². The van der Waals surface area contributed by atoms with E-state index < -0.39 is 0 Å². The number of carbonyl (C=O) groups is 1. The molecule has 7 heteroatoms. The molecule has 1 amide bonds. The van der Waals surface area contributed by atoms with E-state index in [1.807, 2.05) is 55.5 Å². The quantitative estimate of drug-likeness (QED) is 0.558. The van der Waals surface area contributed by atoms with Crippen LogP contribution in [0.1, 0.15) is 33.1 Å². The van der Waals surface area contributed by atoms with Crippen LogP contribution in [-0.4, -0.2) is 55.3 Å². The van der Waals surface area contributed by atoms with Crippen LogP contribution in [0.2, 0.25) is 0 Å². The summed E-state index contributed by atoms with van der Waals surface area (Å²) in [5.41, 5.74) is 3.08. The highest BCUT2D eigenvalue weighted by atomic mass is 16.5. The van der Waals surface area contributed by atoms with Crippen LogP contribution in [0.5, 0.6) is 5.75 Å². The summed E-state index contributed by atoms with van der Waals surface area (Å²) >= 11 is 0. The van der Waals surface area contributed by atoms with Gasteiger partial charge in [0.2, 0.25) is 0 Å². The van der Waals surface area contributed by atoms with E-state index in [4.69, 9.17) is 9.47 Å². The second-order valence-corrected chi connectivity index (χ2v) is 8.49. The molecule has 0 radical (unpaired) electrons. The second-order valence-electron chi connectivity index (χ2n) is 8.49. The summed E-state index contributed by atoms with van der Waals surface area (Å²) in [6, 6.07) is 19.2. The lowest BCUT2D eigenvalue weighted by molar-refractivity contribution is 0.0162. The molecule has 1 fully saturated rings. The van der Waals surface area contributed by atoms with E-state index in [9.17, 15) is 9.59 Å². The highest BCUT2D eigenvalue weighted by molar-refractivity contribution is 5.93. The van der Waals surface area contributed by atoms with Crippen molar-refractivity contribution in [2.75, 3.05) is 40.0 Å². The number of rotatable bonds is 8. The Labute approximate surface area is 199 Å². The maximum atomic E-state index is 13.1. The van der Waals surface area contributed by atoms with Crippen molar-refractivity contribution in [1.82, 2.24) is 14.8 Å². The summed E-state index contributed by atoms with van der Waals surface area (Å²) in [5.74, 6) is 0.419. The van der Waals surface area contributed by atoms with Crippen molar-refractivity contribution in [3.05, 3.63) is 99.5 Å². The Kier molecular flexibility index (Phi) is 7.77. The number of carbonyl (C=O) groups excluding carboxylic acids is 1. The lowest BCUT2D eigenvalue weighted by Crippen LogP contribution is -2.44. The molecule has 1 saturated heterocycles. The minimum atomic E-state index is -0.365. The van der Waals surface area contributed by atoms with E-state index in [1.165, 1.54) is 0 Å². The van der Waals surface area contributed by atoms with Crippen LogP contribution in [0.15, 0.2) is 71.7 Å². The van der Waals surface area contributed by atoms with Gasteiger partial charge >= 0.3 is 0 Å². The number of methoxy groups -OCH3 is 1. The summed E-state index contributed by atoms with van der Waals surface area (Å²) in [4.78, 5) is 28.4. The zero-order chi connectivity index (χ0) is 23.9. The average Bonchev–Trinajstić information content (AvgIpc) is 2.86. The summed E-state index contributed by atoms with van der Waals surface area (Å²) in [6.07, 6.45) is 1.72. The number of nitrogens with one attached hydrogen (secondary N) is 1. The van der Waals surface area contributed by atoms with Crippen molar-refractivity contribution >= 4 is 5.91 Å². The molecule has 0 spiro atoms. The molecule has 34 heavy (non-hydrogen) atoms. The average molecular weight is 462 g/mol. The maximum Gasteiger partial charge on any atom is 0.263 e. The van der Waals surface area contributed by atoms with Gasteiger partial charge in [0.25, 0.3) is 11.5 Å². The second kappa shape index (κ2) is 11.1. The molecule has 1 aromatic heterocycles. The lowest BCUT2D eigenvalue weighted by Gasteiger charge is -2.35. The first-order valence-corrected chi connectivity index (χ1v) is 11.5. The van der Waals surface area contributed by atoms with Crippen LogP contribution >= 0.6 is 0 Å². The number of morpholine rings is 1. The molecule has 178 valence electrons. The summed E-state index contributed by atoms with van der Waals surface area (Å²) < 4.78 is 12.4. The fourth-order valence-corrected chi connectivity index (χ4v) is 4.30. The third-order valence-electron chi connectivity index (χ3n) is 6.14. The van der Waals surface area contributed by atoms with Crippen LogP contribution in [0.25, 0.3) is 0 Å². The number of amides is 1. The molecule has 1 unspecified atom stereocenters. The Morgan fingerprint density at radius 1 is 1.09 bits per heavy atom. The van der Waals surface area contributed by atoms with Crippen LogP contribution in [0.4, 0.5) is 0 Å². The van der Waals surface area contributed by atoms with E-state index >= 15 is 0 Å². The predicted molar refractivity (Wildman–Crippen MR) is 131 cm³/mol. The van der Waals surface area contributed by atoms with Crippen molar-refractivity contribution in [2.24, 2.45) is 0 Å². The predicted octanol–water partition coefficient (Wildman–Crippen LogP) is 3.02. The van der Waals surface area contributed by atoms with Gasteiger partial charge in [-0.25, -0.2) is 0 Å². The summed E-state index contributed by atoms with van der Waals surface area (Å²) in [5, 5.41) is 3.00. The topological polar surface area (TPSA) is 72.8 Å². The fraction of sp³-hybridized carbons (Fsp3) is 0.333. The van der Waals surface area contributed by atoms with Crippen molar-refractivity contribution in [3.8, 4) is 5.75 Å². The molecule has 0 bridgehead atoms. The van der Waals surface area contributed by atoms with Gasteiger partial charge in [0.1, 0.15) is 11.3 Å². The Balaban J connectivity index is 1.50. The first kappa shape index (κ1) is 23.7. The molecule has 1 aliphatic rings. The van der Waals surface area contributed by atoms with Crippen molar-refractivity contribution < 1.29 is 14.3 Å². The molecule has 0 saturated carbocycles. The first-order valence-electron chi connectivity index (χ1n) is 11.5. The Morgan fingerprint density at radius 3 is 2.56 bits per heavy atom. The zero-order valence-electron chi connectivity index (χ0n) is 19.7. The summed E-state index contributed by atoms with van der Waals surface area (Å²) in [6.45, 7) is 5.69. The Bertz CT molecular complexity index is 1170. The van der Waals surface area contributed by atoms with E-state index in [1.54, 1.807) is 30.0 Å². The number of pyridine rings is 1. The third-order valence-corrected chi connectivity index (χ3v) is 6.14. The number of aromatic nitrogens is 1. The van der Waals surface area contributed by atoms with E-state index in [0.717, 1.165) is 35.5 Å². The van der Waals surface area contributed by atoms with E-state index in [-0.39, 0.29) is 23.1 Å². The molecule has 7 nitrogen and oxygen atoms in total. The molecule has 0 aliphatic carbocycles. The lowest BCUT2D eigenvalue weighted by atomic mass is 10.0. The van der Waals surface area contributed by atoms with E-state index in [2.05, 4.69) is 10.2 Å². The van der Waals surface area contributed by atoms with Crippen LogP contribution < -0.4 is 15.6 Å². The molecule has 1 atom stereocenters. The van der Waals surface area contributed by atoms with Gasteiger partial charge in [0.15, 0.2) is 0 Å². The van der Waals surface area contributed by atoms with Crippen LogP contribution in [-0.2, 0) is 11.3 Å². The number of hydrogen-bond acceptors (Lipinski definition) is 5. The van der Waals surface area contributed by atoms with Gasteiger partial charge in [0, 0.05) is 25.8 Å². The third kappa shape index (κ3) is 5.73. The fourth-order valence-electron chi connectivity index (χ4n) is 4.30. The highest BCUT2D eigenvalue weighted by Crippen LogP contribution is 2.23. The summed E-state index contributed by atoms with van der Waals surface area (Å²) in [7, 11) is 1.64. The van der Waals surface area contributed by atoms with E-state index in [0.29, 0.717) is 26.3 Å². The molecule has 4 rings (SSSR count). The first-order chi connectivity index (χ1) is 16.5. The molecular weight excluding hydrogens is 430 g/mol. The molecule has 2 heterocycles. The SMILES string of the molecule is COc1ccc(C(CNC(=O)c2cccn(Cc3cccc(C)c3)c2=O)N2CCOCC2)cc1. The molecular formula is C27H31N3O4. The minimum Gasteiger partial charge on any atom is -0.497 e. The molecule has 3 aromatic rings. The van der Waals surface area contributed by atoms with Crippen LogP contribution in [0.3, 0.4) is 0 Å². The standard InChI is InChI=1S/C27H31N3O4/c1-20-5-3-6-21(17-20)19-30-12-4-7-24(27(30)32)26(31)28-18-25(29-13-15-34-16-14-29)22-8-10-23(33-2)11-9-22/h3-12,17,25H,13-16,18-19H2,1-2H3,(H,28,31). The number of benzene rings is 2. The van der Waals surface area contributed by atoms with Crippen molar-refractivity contribution in [1.29, 1.82) is 0 Å². The number of ether oxygens (including phenoxy) is 2. The van der Waals surface area contributed by atoms with Crippen molar-refractivity contribution in [2.45, 2.75) is 19.5 Å². The maximum absolute atomic E-state index is 13.1. The Hall–Kier alpha value is -3.42. The Morgan fingerprint density at radius 2 is 1.85 bits per heavy atom.